The summed E-state index contributed by atoms with van der Waals surface area (Å²) in [6, 6.07) is 69.8. The molecule has 2 saturated heterocycles. The van der Waals surface area contributed by atoms with E-state index in [1.165, 1.54) is 55.6 Å². The summed E-state index contributed by atoms with van der Waals surface area (Å²) in [5.74, 6) is 2.34. The number of nitrogen functional groups attached to an aromatic ring is 2. The van der Waals surface area contributed by atoms with Gasteiger partial charge in [0.2, 0.25) is 0 Å². The van der Waals surface area contributed by atoms with Crippen molar-refractivity contribution in [3.8, 4) is 11.5 Å². The molecule has 0 radical (unpaired) electrons. The van der Waals surface area contributed by atoms with Crippen LogP contribution in [0.25, 0.3) is 0 Å². The zero-order valence-corrected chi connectivity index (χ0v) is 95.0. The highest BCUT2D eigenvalue weighted by Gasteiger charge is 2.21. The van der Waals surface area contributed by atoms with Crippen molar-refractivity contribution in [2.24, 2.45) is 11.8 Å². The van der Waals surface area contributed by atoms with E-state index in [1.807, 2.05) is 116 Å². The van der Waals surface area contributed by atoms with Gasteiger partial charge in [-0.1, -0.05) is 402 Å². The highest BCUT2D eigenvalue weighted by molar-refractivity contribution is 7.08. The molecule has 11 nitrogen and oxygen atoms in total. The van der Waals surface area contributed by atoms with Gasteiger partial charge >= 0.3 is 0 Å². The number of anilines is 2. The minimum Gasteiger partial charge on any atom is -0.508 e. The van der Waals surface area contributed by atoms with Gasteiger partial charge in [-0.25, -0.2) is 0 Å². The van der Waals surface area contributed by atoms with Crippen LogP contribution in [0.2, 0.25) is 10.0 Å². The average molecular weight is 1920 g/mol. The van der Waals surface area contributed by atoms with E-state index in [0.717, 1.165) is 78.2 Å². The van der Waals surface area contributed by atoms with Crippen molar-refractivity contribution >= 4 is 45.9 Å². The number of aromatic nitrogens is 2. The van der Waals surface area contributed by atoms with Crippen molar-refractivity contribution in [3.05, 3.63) is 332 Å². The predicted molar refractivity (Wildman–Crippen MR) is 602 cm³/mol. The second-order valence-electron chi connectivity index (χ2n) is 47.2. The van der Waals surface area contributed by atoms with Crippen LogP contribution in [0.1, 0.15) is 345 Å². The minimum atomic E-state index is 0.124. The lowest BCUT2D eigenvalue weighted by Crippen LogP contribution is -2.41. The first-order chi connectivity index (χ1) is 62.3. The fourth-order valence-corrected chi connectivity index (χ4v) is 12.5. The van der Waals surface area contributed by atoms with Gasteiger partial charge in [0.05, 0.1) is 37.9 Å². The molecule has 2 fully saturated rings. The summed E-state index contributed by atoms with van der Waals surface area (Å²) < 4.78 is 15.4. The van der Waals surface area contributed by atoms with Crippen molar-refractivity contribution in [2.75, 3.05) is 50.9 Å². The standard InChI is InChI=1S/2C10H13Cl.2C10H15N.2C10H14O.C10H14.2C9H13N.C8H12O.C8H12S.C6H13NO.C4H9NO.2C4H10/c1-10(2,3)8-4-6-9(11)7-5-8;1-10(2,3)8-5-4-6-9(11)7-8;1-10(2,3)8-4-6-9(11)7-5-8;1-10(2,3)8-5-4-6-9(11)7-8;1-10(2,3)8-4-6-9(11)7-5-8;1-10(2,3)8-5-4-6-9(11)7-8;1-10(2,3)9-7-5-4-6-8-9;1-9(2,3)8-4-6-10-7-5-8;1-9(2,3)8-5-4-6-10-7-8;2*1-8(2,3)7-4-5-9-6-7;1-5-3-7-4-6(2)8-5;1-3-6-4-2-5-1;2*1-4(2)3/h2*4-7H,1-3H3;2*4-7H,11H2,1-3H3;2*4-7,11H,1-3H3;4-8H,1-3H3;2*4-7H,1-3H3;2*4-6H,1-3H3;5-7H,3-4H2,1-2H3;5H,1-4H2;2*4H,1-3H3. The van der Waals surface area contributed by atoms with E-state index in [4.69, 9.17) is 53.7 Å². The van der Waals surface area contributed by atoms with Crippen molar-refractivity contribution in [2.45, 2.75) is 356 Å². The number of benzene rings is 7. The fourth-order valence-electron chi connectivity index (χ4n) is 11.3. The van der Waals surface area contributed by atoms with Crippen LogP contribution in [0.4, 0.5) is 11.4 Å². The number of pyridine rings is 2. The Bertz CT molecular complexity index is 4310. The summed E-state index contributed by atoms with van der Waals surface area (Å²) in [4.78, 5) is 8.01. The number of phenols is 2. The number of nitrogens with zero attached hydrogens (tertiary/aromatic N) is 2. The molecule has 4 aromatic heterocycles. The van der Waals surface area contributed by atoms with Crippen LogP contribution in [-0.2, 0) is 69.0 Å². The Labute approximate surface area is 846 Å². The fraction of sp³-hybridized carbons (Fsp3) is 0.508. The summed E-state index contributed by atoms with van der Waals surface area (Å²) >= 11 is 13.4. The van der Waals surface area contributed by atoms with Crippen LogP contribution in [0.15, 0.2) is 265 Å². The number of ether oxygens (including phenoxy) is 2. The Hall–Kier alpha value is -8.56. The Morgan fingerprint density at radius 1 is 0.331 bits per heavy atom. The molecular weight excluding hydrogens is 1730 g/mol. The highest BCUT2D eigenvalue weighted by atomic mass is 35.5. The van der Waals surface area contributed by atoms with Crippen molar-refractivity contribution in [3.63, 3.8) is 0 Å². The number of hydrogen-bond acceptors (Lipinski definition) is 12. The van der Waals surface area contributed by atoms with Gasteiger partial charge in [-0.15, -0.1) is 0 Å². The van der Waals surface area contributed by atoms with E-state index in [9.17, 15) is 5.11 Å². The van der Waals surface area contributed by atoms with Crippen molar-refractivity contribution in [1.29, 1.82) is 0 Å². The molecule has 0 saturated carbocycles. The summed E-state index contributed by atoms with van der Waals surface area (Å²) in [6.45, 7) is 95.1. The van der Waals surface area contributed by atoms with Crippen LogP contribution in [0.3, 0.4) is 0 Å². The first-order valence-electron chi connectivity index (χ1n) is 48.7. The smallest absolute Gasteiger partial charge is 0.115 e. The molecule has 13 rings (SSSR count). The van der Waals surface area contributed by atoms with Crippen molar-refractivity contribution in [1.82, 2.24) is 20.6 Å². The maximum absolute atomic E-state index is 9.18. The predicted octanol–water partition coefficient (Wildman–Crippen LogP) is 34.5. The third-order valence-corrected chi connectivity index (χ3v) is 21.2. The lowest BCUT2D eigenvalue weighted by molar-refractivity contribution is -0.0166. The van der Waals surface area contributed by atoms with E-state index in [1.54, 1.807) is 54.3 Å². The number of thiophene rings is 1. The van der Waals surface area contributed by atoms with E-state index in [-0.39, 0.29) is 48.7 Å². The Kier molecular flexibility index (Phi) is 60.2. The molecule has 758 valence electrons. The molecule has 14 heteroatoms. The molecule has 11 aromatic rings. The SMILES string of the molecule is C1COCCN1.CC(C)(C)c1ccc(Cl)cc1.CC(C)(C)c1ccc(N)cc1.CC(C)(C)c1ccc(O)cc1.CC(C)(C)c1cccc(Cl)c1.CC(C)(C)c1cccc(N)c1.CC(C)(C)c1cccc(O)c1.CC(C)(C)c1ccccc1.CC(C)(C)c1cccnc1.CC(C)(C)c1ccncc1.CC(C)(C)c1ccoc1.CC(C)(C)c1ccsc1.CC(C)C.CC(C)C.CC1CNCC(C)O1. The normalized spacial score (nSPS) is 13.7. The van der Waals surface area contributed by atoms with E-state index in [2.05, 4.69) is 406 Å². The number of furan rings is 1. The second kappa shape index (κ2) is 63.2. The molecule has 2 unspecified atom stereocenters. The largest absolute Gasteiger partial charge is 0.508 e. The first kappa shape index (κ1) is 129. The van der Waals surface area contributed by atoms with Gasteiger partial charge in [0, 0.05) is 72.4 Å². The molecule has 6 heterocycles. The average Bonchev–Trinajstić information content (AvgIpc) is 1.20. The monoisotopic (exact) mass is 1920 g/mol. The third kappa shape index (κ3) is 66.1. The second-order valence-corrected chi connectivity index (χ2v) is 48.9. The number of phenolic OH excluding ortho intramolecular Hbond substituents is 2. The number of nitrogens with two attached hydrogens (primary N) is 2. The number of hydrogen-bond donors (Lipinski definition) is 6. The highest BCUT2D eigenvalue weighted by Crippen LogP contribution is 2.32. The number of halogens is 2. The Morgan fingerprint density at radius 2 is 0.691 bits per heavy atom. The van der Waals surface area contributed by atoms with Gasteiger partial charge in [0.25, 0.3) is 0 Å². The third-order valence-electron chi connectivity index (χ3n) is 20.0. The van der Waals surface area contributed by atoms with Gasteiger partial charge in [0.1, 0.15) is 11.5 Å². The van der Waals surface area contributed by atoms with Crippen LogP contribution in [0, 0.1) is 11.8 Å². The molecule has 7 aromatic carbocycles. The van der Waals surface area contributed by atoms with Gasteiger partial charge in [-0.05, 0) is 260 Å². The zero-order chi connectivity index (χ0) is 105. The van der Waals surface area contributed by atoms with Crippen LogP contribution in [0.5, 0.6) is 11.5 Å². The molecule has 2 atom stereocenters. The molecule has 2 aliphatic rings. The number of nitrogens with one attached hydrogen (secondary N) is 2. The topological polar surface area (TPSA) is 174 Å². The van der Waals surface area contributed by atoms with Gasteiger partial charge in [0.15, 0.2) is 0 Å². The summed E-state index contributed by atoms with van der Waals surface area (Å²) in [7, 11) is 0. The first-order valence-corrected chi connectivity index (χ1v) is 50.4. The summed E-state index contributed by atoms with van der Waals surface area (Å²) in [5, 5.41) is 30.6. The minimum absolute atomic E-state index is 0.124. The Balaban J connectivity index is 0. The van der Waals surface area contributed by atoms with Gasteiger partial charge < -0.3 is 46.2 Å². The summed E-state index contributed by atoms with van der Waals surface area (Å²) in [5.41, 5.74) is 29.7. The lowest BCUT2D eigenvalue weighted by Gasteiger charge is -2.25. The van der Waals surface area contributed by atoms with Crippen LogP contribution < -0.4 is 22.1 Å². The Morgan fingerprint density at radius 3 is 0.956 bits per heavy atom. The van der Waals surface area contributed by atoms with E-state index in [0.29, 0.717) is 34.5 Å². The molecule has 8 N–H and O–H groups in total. The molecule has 0 aliphatic carbocycles. The number of rotatable bonds is 0. The lowest BCUT2D eigenvalue weighted by atomic mass is 9.87. The zero-order valence-electron chi connectivity index (χ0n) is 92.7. The molecular formula is C122H190Cl2N6O5S. The molecule has 0 amide bonds. The number of morpholine rings is 2. The maximum atomic E-state index is 9.18. The van der Waals surface area contributed by atoms with Crippen LogP contribution in [-0.4, -0.2) is 71.8 Å². The molecule has 136 heavy (non-hydrogen) atoms. The van der Waals surface area contributed by atoms with Crippen LogP contribution >= 0.6 is 34.5 Å². The van der Waals surface area contributed by atoms with Crippen molar-refractivity contribution < 1.29 is 24.1 Å². The molecule has 0 spiro atoms. The molecule has 2 aliphatic heterocycles. The van der Waals surface area contributed by atoms with Gasteiger partial charge in [-0.2, -0.15) is 11.3 Å². The van der Waals surface area contributed by atoms with Gasteiger partial charge in [-0.3, -0.25) is 9.97 Å². The van der Waals surface area contributed by atoms with E-state index < -0.39 is 0 Å². The number of aromatic hydroxyl groups is 2. The quantitative estimate of drug-likeness (QED) is 0.0798. The summed E-state index contributed by atoms with van der Waals surface area (Å²) in [6.07, 6.45) is 11.7. The van der Waals surface area contributed by atoms with E-state index >= 15 is 0 Å². The maximum Gasteiger partial charge on any atom is 0.115 e. The molecule has 0 bridgehead atoms.